The molecule has 0 saturated heterocycles. The number of carbonyl (C=O) groups is 2. The number of nitrogens with one attached hydrogen (secondary N) is 1. The number of ether oxygens (including phenoxy) is 4. The molecule has 3 N–H and O–H groups in total. The summed E-state index contributed by atoms with van der Waals surface area (Å²) in [6, 6.07) is 24.8. The van der Waals surface area contributed by atoms with E-state index in [1.165, 1.54) is 33.8 Å². The Kier molecular flexibility index (Phi) is 21.7. The van der Waals surface area contributed by atoms with Gasteiger partial charge in [0, 0.05) is 61.4 Å². The van der Waals surface area contributed by atoms with Crippen molar-refractivity contribution in [1.29, 1.82) is 0 Å². The van der Waals surface area contributed by atoms with Gasteiger partial charge in [-0.2, -0.15) is 4.58 Å². The standard InChI is InChI=1S/C26H42NO4.C18H25NO2.C6H8N2/c1-7-29-24(28)13-11-10-12-17-26(6)21(5)27(18-16-25(30-8-2)31-9-3)23-15-14-20(4)19-22(23)26;1-4-21-17(20)12-6-5-9-13-18(3)14(2)19-16-11-8-7-10-15(16)18;7-8-6-4-2-1-3-5-6/h14-15,19,25H,7-13,16-18H2,1-6H3;7-8,10-11H,4-6,9,12-13H2,1-3H3;1-5,8H,7H2/q+1;;. The Morgan fingerprint density at radius 2 is 1.27 bits per heavy atom. The van der Waals surface area contributed by atoms with Gasteiger partial charge in [-0.05, 0) is 104 Å². The molecular formula is C50H75N4O6+. The van der Waals surface area contributed by atoms with Crippen molar-refractivity contribution in [3.8, 4) is 0 Å². The average Bonchev–Trinajstić information content (AvgIpc) is 3.61. The van der Waals surface area contributed by atoms with Crippen LogP contribution >= 0.6 is 0 Å². The fraction of sp³-hybridized carbons (Fsp3) is 0.560. The van der Waals surface area contributed by atoms with Gasteiger partial charge >= 0.3 is 11.9 Å². The second-order valence-corrected chi connectivity index (χ2v) is 16.0. The second-order valence-electron chi connectivity index (χ2n) is 16.0. The number of unbranched alkanes of at least 4 members (excludes halogenated alkanes) is 4. The molecular weight excluding hydrogens is 753 g/mol. The van der Waals surface area contributed by atoms with Crippen molar-refractivity contribution in [2.75, 3.05) is 38.4 Å². The third-order valence-corrected chi connectivity index (χ3v) is 11.8. The fourth-order valence-corrected chi connectivity index (χ4v) is 8.13. The smallest absolute Gasteiger partial charge is 0.305 e. The van der Waals surface area contributed by atoms with E-state index in [-0.39, 0.29) is 29.1 Å². The van der Waals surface area contributed by atoms with Crippen LogP contribution in [-0.2, 0) is 39.4 Å². The Morgan fingerprint density at radius 3 is 1.82 bits per heavy atom. The molecule has 3 aromatic rings. The summed E-state index contributed by atoms with van der Waals surface area (Å²) < 4.78 is 24.0. The summed E-state index contributed by atoms with van der Waals surface area (Å²) in [6.45, 7) is 22.1. The normalized spacial score (nSPS) is 17.5. The molecule has 2 heterocycles. The third-order valence-electron chi connectivity index (χ3n) is 11.8. The second kappa shape index (κ2) is 26.1. The van der Waals surface area contributed by atoms with E-state index < -0.39 is 0 Å². The zero-order valence-electron chi connectivity index (χ0n) is 38.2. The highest BCUT2D eigenvalue weighted by Gasteiger charge is 2.46. The van der Waals surface area contributed by atoms with Gasteiger partial charge in [0.2, 0.25) is 5.69 Å². The first-order valence-electron chi connectivity index (χ1n) is 22.3. The number of nitrogens with two attached hydrogens (primary N) is 1. The molecule has 0 aromatic heterocycles. The van der Waals surface area contributed by atoms with Gasteiger partial charge in [0.25, 0.3) is 0 Å². The molecule has 2 unspecified atom stereocenters. The van der Waals surface area contributed by atoms with Crippen LogP contribution in [0.3, 0.4) is 0 Å². The highest BCUT2D eigenvalue weighted by molar-refractivity contribution is 5.99. The number of hydrogen-bond acceptors (Lipinski definition) is 9. The number of benzene rings is 3. The number of esters is 2. The highest BCUT2D eigenvalue weighted by atomic mass is 16.7. The zero-order valence-corrected chi connectivity index (χ0v) is 38.2. The number of nitrogen functional groups attached to an aromatic ring is 1. The van der Waals surface area contributed by atoms with Crippen molar-refractivity contribution in [3.63, 3.8) is 0 Å². The maximum Gasteiger partial charge on any atom is 0.305 e. The van der Waals surface area contributed by atoms with Crippen LogP contribution in [0.4, 0.5) is 17.1 Å². The van der Waals surface area contributed by atoms with E-state index in [9.17, 15) is 9.59 Å². The molecule has 2 aliphatic heterocycles. The van der Waals surface area contributed by atoms with Crippen LogP contribution < -0.4 is 11.3 Å². The summed E-state index contributed by atoms with van der Waals surface area (Å²) in [4.78, 5) is 27.6. The van der Waals surface area contributed by atoms with E-state index >= 15 is 0 Å². The first-order chi connectivity index (χ1) is 28.9. The fourth-order valence-electron chi connectivity index (χ4n) is 8.13. The molecule has 0 amide bonds. The number of hydrogen-bond donors (Lipinski definition) is 2. The Hall–Kier alpha value is -4.38. The van der Waals surface area contributed by atoms with Crippen LogP contribution in [0.5, 0.6) is 0 Å². The molecule has 2 atom stereocenters. The predicted molar refractivity (Wildman–Crippen MR) is 246 cm³/mol. The van der Waals surface area contributed by atoms with Crippen LogP contribution in [0.1, 0.15) is 143 Å². The molecule has 3 aromatic carbocycles. The zero-order chi connectivity index (χ0) is 44.0. The molecule has 330 valence electrons. The lowest BCUT2D eigenvalue weighted by molar-refractivity contribution is -0.444. The van der Waals surface area contributed by atoms with Crippen molar-refractivity contribution in [3.05, 3.63) is 89.5 Å². The monoisotopic (exact) mass is 828 g/mol. The van der Waals surface area contributed by atoms with Crippen LogP contribution in [0, 0.1) is 6.92 Å². The number of carbonyl (C=O) groups excluding carboxylic acids is 2. The summed E-state index contributed by atoms with van der Waals surface area (Å²) in [5, 5.41) is 0. The molecule has 0 radical (unpaired) electrons. The van der Waals surface area contributed by atoms with Crippen LogP contribution in [0.15, 0.2) is 77.8 Å². The Bertz CT molecular complexity index is 1820. The number of hydrazine groups is 1. The van der Waals surface area contributed by atoms with Crippen LogP contribution in [-0.4, -0.2) is 67.2 Å². The molecule has 60 heavy (non-hydrogen) atoms. The van der Waals surface area contributed by atoms with E-state index in [1.54, 1.807) is 0 Å². The first-order valence-corrected chi connectivity index (χ1v) is 22.3. The Labute approximate surface area is 361 Å². The van der Waals surface area contributed by atoms with Gasteiger partial charge in [0.1, 0.15) is 0 Å². The molecule has 2 aliphatic rings. The van der Waals surface area contributed by atoms with E-state index in [4.69, 9.17) is 29.8 Å². The van der Waals surface area contributed by atoms with Gasteiger partial charge in [0.15, 0.2) is 18.5 Å². The maximum atomic E-state index is 11.6. The summed E-state index contributed by atoms with van der Waals surface area (Å²) >= 11 is 0. The SMILES string of the molecule is CCOC(=O)CCCCCC1(C)C(C)=Nc2ccccc21.CCOC(=O)CCCCCC1(C)C(C)=[N+](CCC(OCC)OCC)c2ccc(C)cc21.NNc1ccccc1. The predicted octanol–water partition coefficient (Wildman–Crippen LogP) is 11.2. The lowest BCUT2D eigenvalue weighted by Gasteiger charge is -2.26. The number of aryl methyl sites for hydroxylation is 1. The van der Waals surface area contributed by atoms with E-state index in [0.717, 1.165) is 75.7 Å². The molecule has 0 spiro atoms. The van der Waals surface area contributed by atoms with Crippen molar-refractivity contribution >= 4 is 40.4 Å². The number of nitrogens with zero attached hydrogens (tertiary/aromatic N) is 2. The molecule has 10 heteroatoms. The average molecular weight is 828 g/mol. The molecule has 0 saturated carbocycles. The number of rotatable bonds is 22. The number of aliphatic imine (C=N–C) groups is 1. The molecule has 10 nitrogen and oxygen atoms in total. The maximum absolute atomic E-state index is 11.6. The van der Waals surface area contributed by atoms with Crippen molar-refractivity contribution < 1.29 is 33.1 Å². The number of anilines is 1. The number of fused-ring (bicyclic) bond motifs is 2. The van der Waals surface area contributed by atoms with Crippen molar-refractivity contribution in [2.45, 2.75) is 150 Å². The lowest BCUT2D eigenvalue weighted by atomic mass is 9.75. The lowest BCUT2D eigenvalue weighted by Crippen LogP contribution is -2.31. The third kappa shape index (κ3) is 14.7. The molecule has 0 fully saturated rings. The van der Waals surface area contributed by atoms with E-state index in [0.29, 0.717) is 39.3 Å². The Balaban J connectivity index is 0.000000282. The summed E-state index contributed by atoms with van der Waals surface area (Å²) in [7, 11) is 0. The minimum absolute atomic E-state index is 0.0119. The highest BCUT2D eigenvalue weighted by Crippen LogP contribution is 2.44. The molecule has 0 bridgehead atoms. The van der Waals surface area contributed by atoms with Crippen LogP contribution in [0.25, 0.3) is 0 Å². The molecule has 0 aliphatic carbocycles. The van der Waals surface area contributed by atoms with E-state index in [1.807, 2.05) is 64.1 Å². The Morgan fingerprint density at radius 1 is 0.700 bits per heavy atom. The van der Waals surface area contributed by atoms with E-state index in [2.05, 4.69) is 81.0 Å². The largest absolute Gasteiger partial charge is 0.466 e. The van der Waals surface area contributed by atoms with Crippen molar-refractivity contribution in [2.24, 2.45) is 10.8 Å². The number of para-hydroxylation sites is 2. The van der Waals surface area contributed by atoms with Gasteiger partial charge in [0.05, 0.1) is 30.7 Å². The quantitative estimate of drug-likeness (QED) is 0.0256. The van der Waals surface area contributed by atoms with Gasteiger partial charge < -0.3 is 24.4 Å². The minimum Gasteiger partial charge on any atom is -0.466 e. The van der Waals surface area contributed by atoms with Gasteiger partial charge in [-0.3, -0.25) is 20.4 Å². The van der Waals surface area contributed by atoms with Gasteiger partial charge in [-0.1, -0.05) is 80.6 Å². The summed E-state index contributed by atoms with van der Waals surface area (Å²) in [5.41, 5.74) is 12.6. The van der Waals surface area contributed by atoms with Gasteiger partial charge in [-0.15, -0.1) is 0 Å². The topological polar surface area (TPSA) is 124 Å². The summed E-state index contributed by atoms with van der Waals surface area (Å²) in [6.07, 6.45) is 10.00. The van der Waals surface area contributed by atoms with Crippen molar-refractivity contribution in [1.82, 2.24) is 0 Å². The molecule has 5 rings (SSSR count). The first kappa shape index (κ1) is 50.0. The summed E-state index contributed by atoms with van der Waals surface area (Å²) in [5.74, 6) is 4.94. The van der Waals surface area contributed by atoms with Crippen LogP contribution in [0.2, 0.25) is 0 Å². The minimum atomic E-state index is -0.161. The van der Waals surface area contributed by atoms with Gasteiger partial charge in [-0.25, -0.2) is 0 Å².